The van der Waals surface area contributed by atoms with Crippen LogP contribution in [0, 0.1) is 0 Å². The zero-order chi connectivity index (χ0) is 14.3. The largest absolute Gasteiger partial charge is 0.416 e. The van der Waals surface area contributed by atoms with E-state index in [0.717, 1.165) is 31.4 Å². The second-order valence-electron chi connectivity index (χ2n) is 4.18. The maximum absolute atomic E-state index is 12.5. The van der Waals surface area contributed by atoms with Crippen LogP contribution in [-0.4, -0.2) is 19.0 Å². The summed E-state index contributed by atoms with van der Waals surface area (Å²) in [5.74, 6) is -0.487. The number of amides is 1. The molecule has 0 fully saturated rings. The van der Waals surface area contributed by atoms with Gasteiger partial charge >= 0.3 is 6.18 Å². The number of unbranched alkanes of at least 4 members (excludes halogenated alkanes) is 2. The van der Waals surface area contributed by atoms with E-state index in [1.165, 1.54) is 12.1 Å². The average Bonchev–Trinajstić information content (AvgIpc) is 2.37. The Morgan fingerprint density at radius 2 is 1.95 bits per heavy atom. The van der Waals surface area contributed by atoms with Gasteiger partial charge in [0.05, 0.1) is 5.56 Å². The minimum Gasteiger partial charge on any atom is -0.352 e. The molecule has 1 aromatic carbocycles. The molecule has 3 nitrogen and oxygen atoms in total. The molecular formula is C13H17F3N2O. The Balaban J connectivity index is 2.53. The van der Waals surface area contributed by atoms with E-state index in [0.29, 0.717) is 13.1 Å². The van der Waals surface area contributed by atoms with Gasteiger partial charge in [0.15, 0.2) is 0 Å². The number of halogens is 3. The molecule has 1 amide bonds. The van der Waals surface area contributed by atoms with Crippen LogP contribution in [0.15, 0.2) is 24.3 Å². The highest BCUT2D eigenvalue weighted by molar-refractivity contribution is 5.94. The second kappa shape index (κ2) is 7.13. The third kappa shape index (κ3) is 5.30. The van der Waals surface area contributed by atoms with Gasteiger partial charge in [0.25, 0.3) is 5.91 Å². The molecule has 19 heavy (non-hydrogen) atoms. The van der Waals surface area contributed by atoms with E-state index in [1.54, 1.807) is 0 Å². The number of alkyl halides is 3. The van der Waals surface area contributed by atoms with Crippen molar-refractivity contribution >= 4 is 5.91 Å². The van der Waals surface area contributed by atoms with Crippen LogP contribution in [0.1, 0.15) is 35.2 Å². The van der Waals surface area contributed by atoms with E-state index < -0.39 is 17.6 Å². The van der Waals surface area contributed by atoms with Gasteiger partial charge in [0, 0.05) is 12.1 Å². The van der Waals surface area contributed by atoms with Gasteiger partial charge in [-0.05, 0) is 37.6 Å². The number of hydrogen-bond donors (Lipinski definition) is 2. The molecule has 3 N–H and O–H groups in total. The molecule has 0 spiro atoms. The number of nitrogens with one attached hydrogen (secondary N) is 1. The quantitative estimate of drug-likeness (QED) is 0.783. The van der Waals surface area contributed by atoms with E-state index in [2.05, 4.69) is 5.32 Å². The molecule has 106 valence electrons. The molecule has 0 saturated heterocycles. The van der Waals surface area contributed by atoms with Crippen molar-refractivity contribution in [2.45, 2.75) is 25.4 Å². The van der Waals surface area contributed by atoms with Gasteiger partial charge in [0.2, 0.25) is 0 Å². The normalized spacial score (nSPS) is 11.4. The Morgan fingerprint density at radius 3 is 2.58 bits per heavy atom. The van der Waals surface area contributed by atoms with Crippen molar-refractivity contribution in [3.63, 3.8) is 0 Å². The van der Waals surface area contributed by atoms with Gasteiger partial charge in [-0.1, -0.05) is 12.5 Å². The maximum atomic E-state index is 12.5. The molecule has 0 aliphatic carbocycles. The van der Waals surface area contributed by atoms with Crippen LogP contribution in [0.3, 0.4) is 0 Å². The maximum Gasteiger partial charge on any atom is 0.416 e. The SMILES string of the molecule is NCCCCCNC(=O)c1cccc(C(F)(F)F)c1. The van der Waals surface area contributed by atoms with Crippen molar-refractivity contribution in [1.82, 2.24) is 5.32 Å². The number of benzene rings is 1. The predicted octanol–water partition coefficient (Wildman–Crippen LogP) is 2.56. The molecule has 0 heterocycles. The van der Waals surface area contributed by atoms with E-state index in [4.69, 9.17) is 5.73 Å². The Hall–Kier alpha value is -1.56. The molecule has 0 aliphatic heterocycles. The Labute approximate surface area is 110 Å². The van der Waals surface area contributed by atoms with Crippen molar-refractivity contribution in [2.75, 3.05) is 13.1 Å². The Kier molecular flexibility index (Phi) is 5.82. The first-order valence-electron chi connectivity index (χ1n) is 6.10. The molecule has 1 aromatic rings. The molecule has 0 saturated carbocycles. The lowest BCUT2D eigenvalue weighted by Gasteiger charge is -2.09. The third-order valence-electron chi connectivity index (χ3n) is 2.62. The highest BCUT2D eigenvalue weighted by atomic mass is 19.4. The molecule has 0 radical (unpaired) electrons. The van der Waals surface area contributed by atoms with Crippen LogP contribution >= 0.6 is 0 Å². The smallest absolute Gasteiger partial charge is 0.352 e. The fraction of sp³-hybridized carbons (Fsp3) is 0.462. The van der Waals surface area contributed by atoms with Crippen molar-refractivity contribution < 1.29 is 18.0 Å². The summed E-state index contributed by atoms with van der Waals surface area (Å²) in [6, 6.07) is 4.39. The van der Waals surface area contributed by atoms with Crippen molar-refractivity contribution in [3.05, 3.63) is 35.4 Å². The summed E-state index contributed by atoms with van der Waals surface area (Å²) in [6.07, 6.45) is -1.90. The van der Waals surface area contributed by atoms with E-state index in [9.17, 15) is 18.0 Å². The van der Waals surface area contributed by atoms with E-state index >= 15 is 0 Å². The molecule has 0 aliphatic rings. The summed E-state index contributed by atoms with van der Waals surface area (Å²) >= 11 is 0. The van der Waals surface area contributed by atoms with Gasteiger partial charge in [-0.25, -0.2) is 0 Å². The van der Waals surface area contributed by atoms with Crippen molar-refractivity contribution in [3.8, 4) is 0 Å². The van der Waals surface area contributed by atoms with Crippen LogP contribution in [0.2, 0.25) is 0 Å². The summed E-state index contributed by atoms with van der Waals surface area (Å²) in [7, 11) is 0. The first-order chi connectivity index (χ1) is 8.95. The molecule has 1 rings (SSSR count). The van der Waals surface area contributed by atoms with Gasteiger partial charge < -0.3 is 11.1 Å². The zero-order valence-electron chi connectivity index (χ0n) is 10.5. The number of carbonyl (C=O) groups is 1. The predicted molar refractivity (Wildman–Crippen MR) is 66.7 cm³/mol. The van der Waals surface area contributed by atoms with Crippen molar-refractivity contribution in [2.24, 2.45) is 5.73 Å². The first kappa shape index (κ1) is 15.5. The minimum atomic E-state index is -4.43. The number of carbonyl (C=O) groups excluding carboxylic acids is 1. The fourth-order valence-corrected chi connectivity index (χ4v) is 1.59. The lowest BCUT2D eigenvalue weighted by atomic mass is 10.1. The number of hydrogen-bond acceptors (Lipinski definition) is 2. The summed E-state index contributed by atoms with van der Waals surface area (Å²) in [6.45, 7) is 1.04. The summed E-state index contributed by atoms with van der Waals surface area (Å²) in [5, 5.41) is 2.59. The fourth-order valence-electron chi connectivity index (χ4n) is 1.59. The van der Waals surface area contributed by atoms with Crippen LogP contribution in [0.25, 0.3) is 0 Å². The van der Waals surface area contributed by atoms with Gasteiger partial charge in [0.1, 0.15) is 0 Å². The Morgan fingerprint density at radius 1 is 1.21 bits per heavy atom. The van der Waals surface area contributed by atoms with Gasteiger partial charge in [-0.15, -0.1) is 0 Å². The average molecular weight is 274 g/mol. The monoisotopic (exact) mass is 274 g/mol. The van der Waals surface area contributed by atoms with Crippen LogP contribution < -0.4 is 11.1 Å². The standard InChI is InChI=1S/C13H17F3N2O/c14-13(15,16)11-6-4-5-10(9-11)12(19)18-8-3-1-2-7-17/h4-6,9H,1-3,7-8,17H2,(H,18,19). The number of rotatable bonds is 6. The molecule has 0 unspecified atom stereocenters. The minimum absolute atomic E-state index is 0.0219. The molecule has 0 aromatic heterocycles. The highest BCUT2D eigenvalue weighted by Gasteiger charge is 2.30. The summed E-state index contributed by atoms with van der Waals surface area (Å²) < 4.78 is 37.4. The molecular weight excluding hydrogens is 257 g/mol. The van der Waals surface area contributed by atoms with Gasteiger partial charge in [-0.3, -0.25) is 4.79 Å². The van der Waals surface area contributed by atoms with Crippen LogP contribution in [-0.2, 0) is 6.18 Å². The Bertz CT molecular complexity index is 419. The van der Waals surface area contributed by atoms with Crippen LogP contribution in [0.4, 0.5) is 13.2 Å². The second-order valence-corrected chi connectivity index (χ2v) is 4.18. The lowest BCUT2D eigenvalue weighted by Crippen LogP contribution is -2.25. The van der Waals surface area contributed by atoms with E-state index in [1.807, 2.05) is 0 Å². The molecule has 6 heteroatoms. The highest BCUT2D eigenvalue weighted by Crippen LogP contribution is 2.29. The molecule has 0 bridgehead atoms. The third-order valence-corrected chi connectivity index (χ3v) is 2.62. The van der Waals surface area contributed by atoms with E-state index in [-0.39, 0.29) is 5.56 Å². The zero-order valence-corrected chi connectivity index (χ0v) is 10.5. The summed E-state index contributed by atoms with van der Waals surface area (Å²) in [4.78, 5) is 11.7. The number of nitrogens with two attached hydrogens (primary N) is 1. The molecule has 0 atom stereocenters. The van der Waals surface area contributed by atoms with Crippen molar-refractivity contribution in [1.29, 1.82) is 0 Å². The summed E-state index contributed by atoms with van der Waals surface area (Å²) in [5.41, 5.74) is 4.53. The first-order valence-corrected chi connectivity index (χ1v) is 6.10. The topological polar surface area (TPSA) is 55.1 Å². The van der Waals surface area contributed by atoms with Gasteiger partial charge in [-0.2, -0.15) is 13.2 Å². The lowest BCUT2D eigenvalue weighted by molar-refractivity contribution is -0.137. The van der Waals surface area contributed by atoms with Crippen LogP contribution in [0.5, 0.6) is 0 Å².